The molecule has 7 heteroatoms. The summed E-state index contributed by atoms with van der Waals surface area (Å²) in [6, 6.07) is 0. The van der Waals surface area contributed by atoms with E-state index in [1.54, 1.807) is 19.0 Å². The molecular weight excluding hydrogens is 238 g/mol. The molecule has 0 aromatic carbocycles. The van der Waals surface area contributed by atoms with Gasteiger partial charge in [0.2, 0.25) is 11.7 Å². The summed E-state index contributed by atoms with van der Waals surface area (Å²) in [6.45, 7) is 0. The largest absolute Gasteiger partial charge is 0.434 e. The van der Waals surface area contributed by atoms with E-state index in [0.717, 1.165) is 9.13 Å². The molecule has 1 aliphatic heterocycles. The predicted octanol–water partition coefficient (Wildman–Crippen LogP) is -0.938. The molecule has 0 saturated heterocycles. The van der Waals surface area contributed by atoms with Crippen molar-refractivity contribution in [1.82, 2.24) is 14.0 Å². The molecule has 1 aromatic rings. The monoisotopic (exact) mass is 251 g/mol. The van der Waals surface area contributed by atoms with E-state index in [1.807, 2.05) is 0 Å². The fourth-order valence-electron chi connectivity index (χ4n) is 1.73. The second-order valence-corrected chi connectivity index (χ2v) is 4.27. The standard InChI is InChI=1S/C11H13N3O4/c1-12(2)5-6-8(15)7-9(16)13(3)11(17)14(4)10(7)18-6/h5H,1-4H3/b6-5+. The Balaban J connectivity index is 2.75. The summed E-state index contributed by atoms with van der Waals surface area (Å²) in [5.41, 5.74) is -1.27. The van der Waals surface area contributed by atoms with Crippen LogP contribution in [0.4, 0.5) is 0 Å². The van der Waals surface area contributed by atoms with Crippen LogP contribution in [0.1, 0.15) is 10.4 Å². The number of hydrogen-bond donors (Lipinski definition) is 0. The molecule has 2 heterocycles. The van der Waals surface area contributed by atoms with Gasteiger partial charge in [-0.15, -0.1) is 0 Å². The average Bonchev–Trinajstić information content (AvgIpc) is 2.61. The van der Waals surface area contributed by atoms with Crippen molar-refractivity contribution in [3.8, 4) is 5.88 Å². The third-order valence-electron chi connectivity index (χ3n) is 2.64. The van der Waals surface area contributed by atoms with Crippen LogP contribution in [0.3, 0.4) is 0 Å². The van der Waals surface area contributed by atoms with Crippen molar-refractivity contribution in [2.75, 3.05) is 14.1 Å². The van der Waals surface area contributed by atoms with E-state index < -0.39 is 17.0 Å². The lowest BCUT2D eigenvalue weighted by molar-refractivity contribution is 0.101. The van der Waals surface area contributed by atoms with E-state index in [4.69, 9.17) is 4.74 Å². The summed E-state index contributed by atoms with van der Waals surface area (Å²) < 4.78 is 7.33. The molecule has 0 saturated carbocycles. The first kappa shape index (κ1) is 12.2. The summed E-state index contributed by atoms with van der Waals surface area (Å²) in [6.07, 6.45) is 1.46. The van der Waals surface area contributed by atoms with Gasteiger partial charge in [0.15, 0.2) is 11.3 Å². The van der Waals surface area contributed by atoms with E-state index in [9.17, 15) is 14.4 Å². The molecule has 0 fully saturated rings. The van der Waals surface area contributed by atoms with E-state index in [2.05, 4.69) is 0 Å². The summed E-state index contributed by atoms with van der Waals surface area (Å²) >= 11 is 0. The van der Waals surface area contributed by atoms with Gasteiger partial charge in [-0.2, -0.15) is 0 Å². The van der Waals surface area contributed by atoms with Gasteiger partial charge >= 0.3 is 5.69 Å². The van der Waals surface area contributed by atoms with Crippen LogP contribution in [-0.2, 0) is 14.1 Å². The van der Waals surface area contributed by atoms with Crippen molar-refractivity contribution in [3.05, 3.63) is 38.4 Å². The Morgan fingerprint density at radius 1 is 1.11 bits per heavy atom. The summed E-state index contributed by atoms with van der Waals surface area (Å²) in [4.78, 5) is 37.2. The Bertz CT molecular complexity index is 679. The molecule has 0 unspecified atom stereocenters. The molecule has 0 bridgehead atoms. The molecule has 0 amide bonds. The second kappa shape index (κ2) is 3.86. The molecular formula is C11H13N3O4. The highest BCUT2D eigenvalue weighted by atomic mass is 16.5. The van der Waals surface area contributed by atoms with Gasteiger partial charge in [-0.3, -0.25) is 18.7 Å². The third kappa shape index (κ3) is 1.55. The quantitative estimate of drug-likeness (QED) is 0.602. The van der Waals surface area contributed by atoms with Gasteiger partial charge in [-0.05, 0) is 0 Å². The van der Waals surface area contributed by atoms with E-state index in [1.165, 1.54) is 20.3 Å². The van der Waals surface area contributed by atoms with Crippen LogP contribution >= 0.6 is 0 Å². The van der Waals surface area contributed by atoms with Gasteiger partial charge in [0.1, 0.15) is 0 Å². The minimum Gasteiger partial charge on any atom is -0.434 e. The van der Waals surface area contributed by atoms with Crippen LogP contribution in [0, 0.1) is 0 Å². The third-order valence-corrected chi connectivity index (χ3v) is 2.64. The first-order chi connectivity index (χ1) is 8.34. The van der Waals surface area contributed by atoms with Crippen LogP contribution in [0.15, 0.2) is 21.5 Å². The normalized spacial score (nSPS) is 15.8. The van der Waals surface area contributed by atoms with Crippen molar-refractivity contribution in [3.63, 3.8) is 0 Å². The highest BCUT2D eigenvalue weighted by molar-refractivity contribution is 6.11. The van der Waals surface area contributed by atoms with Gasteiger partial charge in [0.25, 0.3) is 5.56 Å². The Morgan fingerprint density at radius 3 is 2.28 bits per heavy atom. The maximum Gasteiger partial charge on any atom is 0.333 e. The van der Waals surface area contributed by atoms with Crippen LogP contribution < -0.4 is 16.0 Å². The zero-order valence-corrected chi connectivity index (χ0v) is 10.6. The number of fused-ring (bicyclic) bond motifs is 1. The van der Waals surface area contributed by atoms with Crippen molar-refractivity contribution in [2.45, 2.75) is 0 Å². The zero-order valence-electron chi connectivity index (χ0n) is 10.6. The number of rotatable bonds is 1. The SMILES string of the molecule is CN(C)/C=C1/Oc2c(c(=O)n(C)c(=O)n2C)C1=O. The molecule has 96 valence electrons. The fraction of sp³-hybridized carbons (Fsp3) is 0.364. The summed E-state index contributed by atoms with van der Waals surface area (Å²) in [5.74, 6) is -0.468. The lowest BCUT2D eigenvalue weighted by Gasteiger charge is -2.07. The molecule has 1 aliphatic rings. The summed E-state index contributed by atoms with van der Waals surface area (Å²) in [7, 11) is 6.23. The molecule has 0 atom stereocenters. The van der Waals surface area contributed by atoms with Gasteiger partial charge in [-0.1, -0.05) is 0 Å². The predicted molar refractivity (Wildman–Crippen MR) is 63.7 cm³/mol. The lowest BCUT2D eigenvalue weighted by atomic mass is 10.2. The number of ketones is 1. The molecule has 1 aromatic heterocycles. The zero-order chi connectivity index (χ0) is 13.6. The van der Waals surface area contributed by atoms with Gasteiger partial charge in [-0.25, -0.2) is 4.79 Å². The minimum absolute atomic E-state index is 0.00111. The average molecular weight is 251 g/mol. The highest BCUT2D eigenvalue weighted by Crippen LogP contribution is 2.26. The second-order valence-electron chi connectivity index (χ2n) is 4.27. The minimum atomic E-state index is -0.639. The number of ether oxygens (including phenoxy) is 1. The highest BCUT2D eigenvalue weighted by Gasteiger charge is 2.34. The topological polar surface area (TPSA) is 73.5 Å². The van der Waals surface area contributed by atoms with Crippen LogP contribution in [-0.4, -0.2) is 33.9 Å². The maximum absolute atomic E-state index is 12.0. The van der Waals surface area contributed by atoms with Crippen molar-refractivity contribution in [2.24, 2.45) is 14.1 Å². The number of nitrogens with zero attached hydrogens (tertiary/aromatic N) is 3. The van der Waals surface area contributed by atoms with E-state index in [-0.39, 0.29) is 17.2 Å². The first-order valence-electron chi connectivity index (χ1n) is 5.25. The van der Waals surface area contributed by atoms with Crippen LogP contribution in [0.5, 0.6) is 5.88 Å². The number of carbonyl (C=O) groups is 1. The van der Waals surface area contributed by atoms with E-state index in [0.29, 0.717) is 0 Å². The van der Waals surface area contributed by atoms with Crippen molar-refractivity contribution in [1.29, 1.82) is 0 Å². The summed E-state index contributed by atoms with van der Waals surface area (Å²) in [5, 5.41) is 0. The molecule has 0 spiro atoms. The molecule has 0 aliphatic carbocycles. The number of Topliss-reactive ketones (excluding diaryl/α,β-unsaturated/α-hetero) is 1. The lowest BCUT2D eigenvalue weighted by Crippen LogP contribution is -2.38. The Morgan fingerprint density at radius 2 is 1.72 bits per heavy atom. The Hall–Kier alpha value is -2.31. The molecule has 0 N–H and O–H groups in total. The number of allylic oxidation sites excluding steroid dienone is 1. The number of aromatic nitrogens is 2. The van der Waals surface area contributed by atoms with E-state index >= 15 is 0 Å². The fourth-order valence-corrected chi connectivity index (χ4v) is 1.73. The Kier molecular flexibility index (Phi) is 2.61. The van der Waals surface area contributed by atoms with Crippen LogP contribution in [0.25, 0.3) is 0 Å². The van der Waals surface area contributed by atoms with Crippen LogP contribution in [0.2, 0.25) is 0 Å². The van der Waals surface area contributed by atoms with Crippen molar-refractivity contribution >= 4 is 5.78 Å². The smallest absolute Gasteiger partial charge is 0.333 e. The maximum atomic E-state index is 12.0. The molecule has 7 nitrogen and oxygen atoms in total. The first-order valence-corrected chi connectivity index (χ1v) is 5.25. The Labute approximate surface area is 103 Å². The van der Waals surface area contributed by atoms with Crippen molar-refractivity contribution < 1.29 is 9.53 Å². The molecule has 2 rings (SSSR count). The molecule has 0 radical (unpaired) electrons. The number of carbonyl (C=O) groups excluding carboxylic acids is 1. The van der Waals surface area contributed by atoms with Gasteiger partial charge < -0.3 is 9.64 Å². The molecule has 18 heavy (non-hydrogen) atoms. The number of hydrogen-bond acceptors (Lipinski definition) is 5. The van der Waals surface area contributed by atoms with Gasteiger partial charge in [0.05, 0.1) is 0 Å². The van der Waals surface area contributed by atoms with Gasteiger partial charge in [0, 0.05) is 34.4 Å².